The lowest BCUT2D eigenvalue weighted by Crippen LogP contribution is -2.44. The predicted octanol–water partition coefficient (Wildman–Crippen LogP) is 2.77. The predicted molar refractivity (Wildman–Crippen MR) is 115 cm³/mol. The number of pyridine rings is 1. The lowest BCUT2D eigenvalue weighted by molar-refractivity contribution is 0.0667. The van der Waals surface area contributed by atoms with E-state index in [0.717, 1.165) is 19.6 Å². The summed E-state index contributed by atoms with van der Waals surface area (Å²) in [7, 11) is 3.64. The Kier molecular flexibility index (Phi) is 7.47. The molecule has 0 radical (unpaired) electrons. The molecule has 1 unspecified atom stereocenters. The Hall–Kier alpha value is -2.15. The van der Waals surface area contributed by atoms with Crippen LogP contribution in [-0.2, 0) is 6.54 Å². The summed E-state index contributed by atoms with van der Waals surface area (Å²) in [5.74, 6) is 1.88. The molecule has 1 aliphatic heterocycles. The second-order valence-corrected chi connectivity index (χ2v) is 8.13. The van der Waals surface area contributed by atoms with Gasteiger partial charge in [0.25, 0.3) is 0 Å². The molecule has 3 rings (SSSR count). The molecule has 0 aliphatic carbocycles. The fourth-order valence-electron chi connectivity index (χ4n) is 3.48. The van der Waals surface area contributed by atoms with Crippen LogP contribution in [0.2, 0.25) is 0 Å². The number of hydrogen-bond acceptors (Lipinski definition) is 6. The highest BCUT2D eigenvalue weighted by atomic mass is 16.5. The number of aromatic nitrogens is 1. The third-order valence-corrected chi connectivity index (χ3v) is 5.51. The van der Waals surface area contributed by atoms with E-state index in [1.807, 2.05) is 37.5 Å². The van der Waals surface area contributed by atoms with Crippen molar-refractivity contribution in [1.29, 1.82) is 0 Å². The minimum absolute atomic E-state index is 0.238. The number of benzene rings is 1. The lowest BCUT2D eigenvalue weighted by Gasteiger charge is -2.39. The van der Waals surface area contributed by atoms with Crippen LogP contribution in [0.5, 0.6) is 11.5 Å². The number of rotatable bonds is 10. The van der Waals surface area contributed by atoms with Crippen molar-refractivity contribution in [3.05, 3.63) is 53.9 Å². The molecule has 1 fully saturated rings. The van der Waals surface area contributed by atoms with E-state index in [-0.39, 0.29) is 6.61 Å². The normalized spacial score (nSPS) is 16.1. The molecule has 1 aromatic heterocycles. The molecule has 0 saturated carbocycles. The zero-order chi connectivity index (χ0) is 20.8. The first-order chi connectivity index (χ1) is 14.0. The molecule has 1 saturated heterocycles. The first-order valence-electron chi connectivity index (χ1n) is 10.3. The number of ether oxygens (including phenoxy) is 2. The van der Waals surface area contributed by atoms with Crippen LogP contribution in [0, 0.1) is 0 Å². The second-order valence-electron chi connectivity index (χ2n) is 8.13. The van der Waals surface area contributed by atoms with E-state index in [1.54, 1.807) is 7.11 Å². The van der Waals surface area contributed by atoms with Crippen molar-refractivity contribution < 1.29 is 14.6 Å². The van der Waals surface area contributed by atoms with Crippen molar-refractivity contribution in [2.75, 3.05) is 40.4 Å². The summed E-state index contributed by atoms with van der Waals surface area (Å²) in [5.41, 5.74) is 2.34. The molecule has 0 bridgehead atoms. The van der Waals surface area contributed by atoms with E-state index in [1.165, 1.54) is 11.3 Å². The highest BCUT2D eigenvalue weighted by Gasteiger charge is 2.28. The average Bonchev–Trinajstić information content (AvgIpc) is 2.69. The summed E-state index contributed by atoms with van der Waals surface area (Å²) < 4.78 is 11.3. The molecule has 0 amide bonds. The van der Waals surface area contributed by atoms with Gasteiger partial charge >= 0.3 is 0 Å². The Morgan fingerprint density at radius 3 is 2.66 bits per heavy atom. The van der Waals surface area contributed by atoms with Crippen LogP contribution in [0.15, 0.2) is 42.6 Å². The zero-order valence-electron chi connectivity index (χ0n) is 17.9. The number of methoxy groups -OCH3 is 1. The highest BCUT2D eigenvalue weighted by Crippen LogP contribution is 2.31. The minimum atomic E-state index is -0.551. The van der Waals surface area contributed by atoms with E-state index in [4.69, 9.17) is 9.47 Å². The highest BCUT2D eigenvalue weighted by molar-refractivity contribution is 5.43. The summed E-state index contributed by atoms with van der Waals surface area (Å²) >= 11 is 0. The average molecular weight is 400 g/mol. The Balaban J connectivity index is 1.54. The minimum Gasteiger partial charge on any atom is -0.493 e. The molecule has 1 aromatic carbocycles. The molecule has 1 atom stereocenters. The van der Waals surface area contributed by atoms with Crippen LogP contribution in [-0.4, -0.2) is 72.4 Å². The number of hydrogen-bond donors (Lipinski definition) is 1. The van der Waals surface area contributed by atoms with E-state index in [2.05, 4.69) is 40.8 Å². The number of aliphatic hydroxyl groups excluding tert-OH is 1. The van der Waals surface area contributed by atoms with Gasteiger partial charge in [0.05, 0.1) is 7.11 Å². The molecule has 2 heterocycles. The van der Waals surface area contributed by atoms with Gasteiger partial charge in [-0.25, -0.2) is 0 Å². The van der Waals surface area contributed by atoms with Gasteiger partial charge in [-0.05, 0) is 50.7 Å². The van der Waals surface area contributed by atoms with Crippen LogP contribution < -0.4 is 9.47 Å². The SMILES string of the molecule is COc1ccc(CN2CC(c3ccccn3)C2)cc1OCC(O)CN(C)C(C)C. The number of nitrogens with zero attached hydrogens (tertiary/aromatic N) is 3. The van der Waals surface area contributed by atoms with E-state index in [0.29, 0.717) is 30.0 Å². The van der Waals surface area contributed by atoms with Gasteiger partial charge in [-0.3, -0.25) is 9.88 Å². The van der Waals surface area contributed by atoms with Crippen molar-refractivity contribution in [1.82, 2.24) is 14.8 Å². The maximum absolute atomic E-state index is 10.3. The molecular formula is C23H33N3O3. The van der Waals surface area contributed by atoms with Crippen molar-refractivity contribution >= 4 is 0 Å². The van der Waals surface area contributed by atoms with Gasteiger partial charge in [0, 0.05) is 50.0 Å². The van der Waals surface area contributed by atoms with E-state index < -0.39 is 6.10 Å². The molecule has 0 spiro atoms. The Morgan fingerprint density at radius 1 is 1.21 bits per heavy atom. The topological polar surface area (TPSA) is 58.1 Å². The Labute approximate surface area is 174 Å². The smallest absolute Gasteiger partial charge is 0.161 e. The molecule has 1 aliphatic rings. The third-order valence-electron chi connectivity index (χ3n) is 5.51. The Bertz CT molecular complexity index is 763. The van der Waals surface area contributed by atoms with Crippen LogP contribution in [0.25, 0.3) is 0 Å². The summed E-state index contributed by atoms with van der Waals surface area (Å²) in [6.45, 7) is 7.91. The number of aliphatic hydroxyl groups is 1. The maximum atomic E-state index is 10.3. The molecule has 1 N–H and O–H groups in total. The van der Waals surface area contributed by atoms with Gasteiger partial charge in [-0.1, -0.05) is 12.1 Å². The number of likely N-dealkylation sites (tertiary alicyclic amines) is 1. The van der Waals surface area contributed by atoms with Gasteiger partial charge < -0.3 is 19.5 Å². The number of likely N-dealkylation sites (N-methyl/N-ethyl adjacent to an activating group) is 1. The summed E-state index contributed by atoms with van der Waals surface area (Å²) in [6, 6.07) is 12.5. The standard InChI is InChI=1S/C23H33N3O3/c1-17(2)25(3)15-20(27)16-29-23-11-18(8-9-22(23)28-4)12-26-13-19(14-26)21-7-5-6-10-24-21/h5-11,17,19-20,27H,12-16H2,1-4H3. The van der Waals surface area contributed by atoms with Crippen molar-refractivity contribution in [3.8, 4) is 11.5 Å². The van der Waals surface area contributed by atoms with Crippen LogP contribution >= 0.6 is 0 Å². The first kappa shape index (κ1) is 21.6. The molecule has 6 heteroatoms. The molecule has 158 valence electrons. The van der Waals surface area contributed by atoms with Gasteiger partial charge in [0.15, 0.2) is 11.5 Å². The zero-order valence-corrected chi connectivity index (χ0v) is 17.9. The quantitative estimate of drug-likeness (QED) is 0.663. The van der Waals surface area contributed by atoms with Crippen molar-refractivity contribution in [2.45, 2.75) is 38.5 Å². The van der Waals surface area contributed by atoms with Crippen LogP contribution in [0.4, 0.5) is 0 Å². The summed E-state index contributed by atoms with van der Waals surface area (Å²) in [6.07, 6.45) is 1.31. The maximum Gasteiger partial charge on any atom is 0.161 e. The summed E-state index contributed by atoms with van der Waals surface area (Å²) in [5, 5.41) is 10.3. The van der Waals surface area contributed by atoms with Gasteiger partial charge in [0.2, 0.25) is 0 Å². The van der Waals surface area contributed by atoms with Gasteiger partial charge in [-0.15, -0.1) is 0 Å². The lowest BCUT2D eigenvalue weighted by atomic mass is 9.95. The van der Waals surface area contributed by atoms with Gasteiger partial charge in [-0.2, -0.15) is 0 Å². The van der Waals surface area contributed by atoms with Crippen LogP contribution in [0.3, 0.4) is 0 Å². The second kappa shape index (κ2) is 10.1. The molecule has 6 nitrogen and oxygen atoms in total. The van der Waals surface area contributed by atoms with Crippen LogP contribution in [0.1, 0.15) is 31.0 Å². The van der Waals surface area contributed by atoms with E-state index in [9.17, 15) is 5.11 Å². The summed E-state index contributed by atoms with van der Waals surface area (Å²) in [4.78, 5) is 8.96. The van der Waals surface area contributed by atoms with Gasteiger partial charge in [0.1, 0.15) is 12.7 Å². The Morgan fingerprint density at radius 2 is 2.00 bits per heavy atom. The van der Waals surface area contributed by atoms with E-state index >= 15 is 0 Å². The first-order valence-corrected chi connectivity index (χ1v) is 10.3. The largest absolute Gasteiger partial charge is 0.493 e. The molecule has 29 heavy (non-hydrogen) atoms. The fraction of sp³-hybridized carbons (Fsp3) is 0.522. The van der Waals surface area contributed by atoms with Crippen molar-refractivity contribution in [2.24, 2.45) is 0 Å². The fourth-order valence-corrected chi connectivity index (χ4v) is 3.48. The molecular weight excluding hydrogens is 366 g/mol. The third kappa shape index (κ3) is 5.92. The molecule has 2 aromatic rings. The monoisotopic (exact) mass is 399 g/mol. The van der Waals surface area contributed by atoms with Crippen molar-refractivity contribution in [3.63, 3.8) is 0 Å².